The van der Waals surface area contributed by atoms with E-state index in [1.807, 2.05) is 42.5 Å². The van der Waals surface area contributed by atoms with Gasteiger partial charge >= 0.3 is 0 Å². The second kappa shape index (κ2) is 6.84. The number of anilines is 1. The van der Waals surface area contributed by atoms with Crippen molar-refractivity contribution in [2.45, 2.75) is 25.9 Å². The summed E-state index contributed by atoms with van der Waals surface area (Å²) in [5, 5.41) is 6.43. The van der Waals surface area contributed by atoms with Crippen molar-refractivity contribution in [1.29, 1.82) is 0 Å². The molecule has 5 heteroatoms. The van der Waals surface area contributed by atoms with Crippen LogP contribution in [0.15, 0.2) is 48.7 Å². The molecule has 2 heterocycles. The summed E-state index contributed by atoms with van der Waals surface area (Å²) in [6.45, 7) is 2.47. The van der Waals surface area contributed by atoms with E-state index in [1.165, 1.54) is 0 Å². The summed E-state index contributed by atoms with van der Waals surface area (Å²) in [5.41, 5.74) is 1.92. The van der Waals surface area contributed by atoms with E-state index in [1.54, 1.807) is 6.20 Å². The van der Waals surface area contributed by atoms with Gasteiger partial charge in [-0.2, -0.15) is 0 Å². The quantitative estimate of drug-likeness (QED) is 0.880. The number of amides is 1. The van der Waals surface area contributed by atoms with E-state index in [9.17, 15) is 4.79 Å². The Labute approximate surface area is 147 Å². The molecule has 5 nitrogen and oxygen atoms in total. The summed E-state index contributed by atoms with van der Waals surface area (Å²) < 4.78 is 5.78. The first-order valence-corrected chi connectivity index (χ1v) is 8.90. The predicted octanol–water partition coefficient (Wildman–Crippen LogP) is 2.99. The van der Waals surface area contributed by atoms with Crippen LogP contribution < -0.4 is 15.4 Å². The molecular weight excluding hydrogens is 314 g/mol. The highest BCUT2D eigenvalue weighted by molar-refractivity contribution is 5.95. The highest BCUT2D eigenvalue weighted by atomic mass is 16.5. The molecule has 1 amide bonds. The van der Waals surface area contributed by atoms with Gasteiger partial charge in [0.15, 0.2) is 0 Å². The lowest BCUT2D eigenvalue weighted by molar-refractivity contribution is -0.118. The molecule has 1 aromatic heterocycles. The fraction of sp³-hybridized carbons (Fsp3) is 0.400. The molecule has 2 N–H and O–H groups in total. The molecule has 130 valence electrons. The largest absolute Gasteiger partial charge is 0.487 e. The van der Waals surface area contributed by atoms with Gasteiger partial charge in [0.25, 0.3) is 0 Å². The third-order valence-corrected chi connectivity index (χ3v) is 5.32. The fourth-order valence-corrected chi connectivity index (χ4v) is 3.73. The molecule has 1 saturated carbocycles. The van der Waals surface area contributed by atoms with E-state index in [2.05, 4.69) is 15.6 Å². The van der Waals surface area contributed by atoms with Crippen LogP contribution in [0.3, 0.4) is 0 Å². The number of hydrogen-bond donors (Lipinski definition) is 2. The molecule has 0 radical (unpaired) electrons. The zero-order valence-corrected chi connectivity index (χ0v) is 14.2. The summed E-state index contributed by atoms with van der Waals surface area (Å²) in [7, 11) is 0. The van der Waals surface area contributed by atoms with Crippen molar-refractivity contribution in [3.05, 3.63) is 54.4 Å². The summed E-state index contributed by atoms with van der Waals surface area (Å²) in [6, 6.07) is 13.3. The Morgan fingerprint density at radius 1 is 1.24 bits per heavy atom. The van der Waals surface area contributed by atoms with Gasteiger partial charge < -0.3 is 15.4 Å². The van der Waals surface area contributed by atoms with Gasteiger partial charge in [-0.1, -0.05) is 12.1 Å². The number of rotatable bonds is 5. The van der Waals surface area contributed by atoms with Gasteiger partial charge in [-0.3, -0.25) is 9.78 Å². The van der Waals surface area contributed by atoms with Crippen molar-refractivity contribution in [2.75, 3.05) is 18.4 Å². The average molecular weight is 337 g/mol. The summed E-state index contributed by atoms with van der Waals surface area (Å²) in [6.07, 6.45) is 4.99. The van der Waals surface area contributed by atoms with Gasteiger partial charge in [0.05, 0.1) is 5.69 Å². The van der Waals surface area contributed by atoms with Crippen LogP contribution >= 0.6 is 0 Å². The maximum Gasteiger partial charge on any atom is 0.228 e. The molecule has 0 bridgehead atoms. The van der Waals surface area contributed by atoms with Crippen LogP contribution in [0.4, 0.5) is 5.69 Å². The number of carbonyl (C=O) groups is 1. The van der Waals surface area contributed by atoms with Crippen molar-refractivity contribution in [1.82, 2.24) is 10.3 Å². The van der Waals surface area contributed by atoms with Crippen LogP contribution in [0.25, 0.3) is 0 Å². The molecule has 1 spiro atoms. The SMILES string of the molecule is O=C(Nc1cccc(OCc2ccccn2)c1)C1CC12CCNCC2. The van der Waals surface area contributed by atoms with Crippen LogP contribution in [-0.4, -0.2) is 24.0 Å². The average Bonchev–Trinajstić information content (AvgIpc) is 3.35. The number of nitrogens with zero attached hydrogens (tertiary/aromatic N) is 1. The lowest BCUT2D eigenvalue weighted by Crippen LogP contribution is -2.31. The minimum atomic E-state index is 0.142. The normalized spacial score (nSPS) is 20.9. The van der Waals surface area contributed by atoms with Gasteiger partial charge in [-0.05, 0) is 62.0 Å². The molecule has 2 aromatic rings. The second-order valence-electron chi connectivity index (χ2n) is 7.00. The molecule has 1 aliphatic heterocycles. The van der Waals surface area contributed by atoms with Crippen LogP contribution in [0.5, 0.6) is 5.75 Å². The Balaban J connectivity index is 1.34. The summed E-state index contributed by atoms with van der Waals surface area (Å²) in [4.78, 5) is 16.8. The van der Waals surface area contributed by atoms with Crippen molar-refractivity contribution in [3.63, 3.8) is 0 Å². The number of hydrogen-bond acceptors (Lipinski definition) is 4. The molecule has 25 heavy (non-hydrogen) atoms. The standard InChI is InChI=1S/C20H23N3O2/c24-19(18-13-20(18)7-10-21-11-8-20)23-15-5-3-6-17(12-15)25-14-16-4-1-2-9-22-16/h1-6,9,12,18,21H,7-8,10-11,13-14H2,(H,23,24). The van der Waals surface area contributed by atoms with Gasteiger partial charge in [0.2, 0.25) is 5.91 Å². The highest BCUT2D eigenvalue weighted by Crippen LogP contribution is 2.58. The van der Waals surface area contributed by atoms with Gasteiger partial charge in [-0.15, -0.1) is 0 Å². The monoisotopic (exact) mass is 337 g/mol. The van der Waals surface area contributed by atoms with Crippen LogP contribution in [0.1, 0.15) is 25.0 Å². The number of carbonyl (C=O) groups excluding carboxylic acids is 1. The summed E-state index contributed by atoms with van der Waals surface area (Å²) >= 11 is 0. The molecular formula is C20H23N3O2. The first kappa shape index (κ1) is 16.1. The molecule has 1 aliphatic carbocycles. The summed E-state index contributed by atoms with van der Waals surface area (Å²) in [5.74, 6) is 1.03. The van der Waals surface area contributed by atoms with Crippen LogP contribution in [0, 0.1) is 11.3 Å². The van der Waals surface area contributed by atoms with Crippen molar-refractivity contribution in [3.8, 4) is 5.75 Å². The number of benzene rings is 1. The van der Waals surface area contributed by atoms with Crippen molar-refractivity contribution < 1.29 is 9.53 Å². The van der Waals surface area contributed by atoms with Crippen molar-refractivity contribution >= 4 is 11.6 Å². The number of aromatic nitrogens is 1. The maximum atomic E-state index is 12.6. The predicted molar refractivity (Wildman–Crippen MR) is 96.3 cm³/mol. The minimum absolute atomic E-state index is 0.142. The molecule has 4 rings (SSSR count). The highest BCUT2D eigenvalue weighted by Gasteiger charge is 2.57. The van der Waals surface area contributed by atoms with Gasteiger partial charge in [0, 0.05) is 23.9 Å². The first-order valence-electron chi connectivity index (χ1n) is 8.90. The Morgan fingerprint density at radius 3 is 2.92 bits per heavy atom. The maximum absolute atomic E-state index is 12.6. The molecule has 1 saturated heterocycles. The van der Waals surface area contributed by atoms with Crippen LogP contribution in [0.2, 0.25) is 0 Å². The lowest BCUT2D eigenvalue weighted by atomic mass is 9.92. The number of nitrogens with one attached hydrogen (secondary N) is 2. The van der Waals surface area contributed by atoms with E-state index in [4.69, 9.17) is 4.74 Å². The van der Waals surface area contributed by atoms with E-state index in [0.717, 1.165) is 49.5 Å². The fourth-order valence-electron chi connectivity index (χ4n) is 3.73. The molecule has 2 fully saturated rings. The van der Waals surface area contributed by atoms with Gasteiger partial charge in [0.1, 0.15) is 12.4 Å². The Hall–Kier alpha value is -2.40. The third-order valence-electron chi connectivity index (χ3n) is 5.32. The Bertz CT molecular complexity index is 742. The van der Waals surface area contributed by atoms with E-state index >= 15 is 0 Å². The number of pyridine rings is 1. The molecule has 1 atom stereocenters. The molecule has 1 unspecified atom stereocenters. The molecule has 1 aromatic carbocycles. The van der Waals surface area contributed by atoms with E-state index < -0.39 is 0 Å². The van der Waals surface area contributed by atoms with E-state index in [-0.39, 0.29) is 17.2 Å². The van der Waals surface area contributed by atoms with E-state index in [0.29, 0.717) is 6.61 Å². The second-order valence-corrected chi connectivity index (χ2v) is 7.00. The Kier molecular flexibility index (Phi) is 4.40. The zero-order chi connectivity index (χ0) is 17.1. The smallest absolute Gasteiger partial charge is 0.228 e. The van der Waals surface area contributed by atoms with Gasteiger partial charge in [-0.25, -0.2) is 0 Å². The Morgan fingerprint density at radius 2 is 2.12 bits per heavy atom. The van der Waals surface area contributed by atoms with Crippen molar-refractivity contribution in [2.24, 2.45) is 11.3 Å². The third kappa shape index (κ3) is 3.66. The zero-order valence-electron chi connectivity index (χ0n) is 14.2. The topological polar surface area (TPSA) is 63.2 Å². The van der Waals surface area contributed by atoms with Crippen LogP contribution in [-0.2, 0) is 11.4 Å². The first-order chi connectivity index (χ1) is 12.3. The lowest BCUT2D eigenvalue weighted by Gasteiger charge is -2.23. The number of piperidine rings is 1. The minimum Gasteiger partial charge on any atom is -0.487 e. The molecule has 2 aliphatic rings. The number of ether oxygens (including phenoxy) is 1.